The second kappa shape index (κ2) is 12.1. The van der Waals surface area contributed by atoms with Crippen LogP contribution < -0.4 is 15.4 Å². The maximum Gasteiger partial charge on any atom is 0.265 e. The minimum absolute atomic E-state index is 0.0121. The lowest BCUT2D eigenvalue weighted by molar-refractivity contribution is -0.133. The van der Waals surface area contributed by atoms with E-state index in [2.05, 4.69) is 15.1 Å². The number of carbonyl (C=O) groups excluding carboxylic acids is 2. The molecule has 1 saturated carbocycles. The van der Waals surface area contributed by atoms with Gasteiger partial charge in [0.15, 0.2) is 18.1 Å². The molecule has 3 aliphatic rings. The third kappa shape index (κ3) is 5.84. The predicted molar refractivity (Wildman–Crippen MR) is 167 cm³/mol. The second-order valence-corrected chi connectivity index (χ2v) is 13.2. The van der Waals surface area contributed by atoms with Crippen molar-refractivity contribution in [2.45, 2.75) is 70.3 Å². The number of hydrogen-bond donors (Lipinski definition) is 1. The molecule has 2 atom stereocenters. The lowest BCUT2D eigenvalue weighted by Crippen LogP contribution is -2.55. The van der Waals surface area contributed by atoms with E-state index < -0.39 is 29.9 Å². The molecule has 0 radical (unpaired) electrons. The number of amides is 2. The van der Waals surface area contributed by atoms with E-state index in [1.807, 2.05) is 13.8 Å². The number of primary amides is 1. The Morgan fingerprint density at radius 3 is 2.58 bits per heavy atom. The average Bonchev–Trinajstić information content (AvgIpc) is 3.44. The van der Waals surface area contributed by atoms with E-state index in [4.69, 9.17) is 15.5 Å². The number of anilines is 1. The van der Waals surface area contributed by atoms with E-state index in [9.17, 15) is 22.8 Å². The van der Waals surface area contributed by atoms with Crippen LogP contribution in [0.25, 0.3) is 22.2 Å². The first-order valence-corrected chi connectivity index (χ1v) is 15.9. The van der Waals surface area contributed by atoms with Crippen molar-refractivity contribution in [1.82, 2.24) is 29.6 Å². The van der Waals surface area contributed by atoms with E-state index in [1.165, 1.54) is 11.1 Å². The molecule has 0 spiro atoms. The van der Waals surface area contributed by atoms with E-state index in [-0.39, 0.29) is 61.8 Å². The first-order chi connectivity index (χ1) is 22.9. The average molecular weight is 667 g/mol. The number of ether oxygens (including phenoxy) is 1. The van der Waals surface area contributed by atoms with Crippen molar-refractivity contribution in [2.24, 2.45) is 11.7 Å². The Labute approximate surface area is 273 Å². The molecule has 1 aromatic carbocycles. The number of likely N-dealkylation sites (tertiary alicyclic amines) is 1. The predicted octanol–water partition coefficient (Wildman–Crippen LogP) is 4.63. The van der Waals surface area contributed by atoms with Gasteiger partial charge in [0.1, 0.15) is 17.7 Å². The fourth-order valence-electron chi connectivity index (χ4n) is 6.95. The van der Waals surface area contributed by atoms with E-state index in [0.29, 0.717) is 58.7 Å². The largest absolute Gasteiger partial charge is 0.482 e. The lowest BCUT2D eigenvalue weighted by Gasteiger charge is -2.46. The zero-order valence-electron chi connectivity index (χ0n) is 26.4. The number of aromatic nitrogens is 5. The number of piperidine rings is 1. The summed E-state index contributed by atoms with van der Waals surface area (Å²) in [7, 11) is 0. The molecular weight excluding hydrogens is 632 g/mol. The Morgan fingerprint density at radius 2 is 1.92 bits per heavy atom. The summed E-state index contributed by atoms with van der Waals surface area (Å²) in [5, 5.41) is 5.04. The van der Waals surface area contributed by atoms with Crippen LogP contribution in [0.2, 0.25) is 0 Å². The summed E-state index contributed by atoms with van der Waals surface area (Å²) in [6, 6.07) is 4.07. The number of rotatable bonds is 8. The number of fused-ring (bicyclic) bond motifs is 2. The first-order valence-electron chi connectivity index (χ1n) is 15.9. The molecule has 2 amide bonds. The molecule has 1 aliphatic carbocycles. The summed E-state index contributed by atoms with van der Waals surface area (Å²) in [4.78, 5) is 42.0. The molecule has 1 unspecified atom stereocenters. The van der Waals surface area contributed by atoms with Gasteiger partial charge in [-0.15, -0.1) is 0 Å². The molecule has 0 bridgehead atoms. The number of hydrogen-bond acceptors (Lipinski definition) is 8. The van der Waals surface area contributed by atoms with Crippen LogP contribution in [0.5, 0.6) is 5.75 Å². The number of halogens is 4. The molecule has 252 valence electrons. The van der Waals surface area contributed by atoms with Crippen molar-refractivity contribution < 1.29 is 31.9 Å². The molecule has 2 aliphatic heterocycles. The maximum atomic E-state index is 15.8. The van der Waals surface area contributed by atoms with Crippen LogP contribution in [0, 0.1) is 11.7 Å². The summed E-state index contributed by atoms with van der Waals surface area (Å²) in [6.07, 6.45) is 2.44. The third-order valence-corrected chi connectivity index (χ3v) is 9.27. The highest BCUT2D eigenvalue weighted by Gasteiger charge is 2.49. The molecule has 48 heavy (non-hydrogen) atoms. The highest BCUT2D eigenvalue weighted by molar-refractivity contribution is 6.09. The Kier molecular flexibility index (Phi) is 8.04. The summed E-state index contributed by atoms with van der Waals surface area (Å²) < 4.78 is 63.6. The standard InChI is InChI=1S/C33H34F4N8O3/c1-17(2)7-23-30(31(38)47)29(18-3-4-25-26(8-18)48-16-28(46)44(25)15-27-39-11-19(34)12-40-27)21-13-41-45(32(21)42-23)24-5-6-43(14-22(24)35)20-9-33(36,37)10-20/h3-4,8,11-13,17,20,22,24H,5-7,9-10,14-16H2,1-2H3,(H2,38,47)/t22-,24?/m0/s1. The lowest BCUT2D eigenvalue weighted by atomic mass is 9.85. The SMILES string of the molecule is CC(C)Cc1nc2c(cnn2C2CCN(C3CC(F)(F)C3)C[C@@H]2F)c(-c2ccc3c(c2)OCC(=O)N3Cc2ncc(F)cn2)c1C(N)=O. The quantitative estimate of drug-likeness (QED) is 0.269. The van der Waals surface area contributed by atoms with Gasteiger partial charge in [-0.25, -0.2) is 37.2 Å². The van der Waals surface area contributed by atoms with Gasteiger partial charge in [-0.1, -0.05) is 19.9 Å². The van der Waals surface area contributed by atoms with Crippen molar-refractivity contribution in [3.63, 3.8) is 0 Å². The van der Waals surface area contributed by atoms with Gasteiger partial charge in [0.2, 0.25) is 0 Å². The van der Waals surface area contributed by atoms with Gasteiger partial charge < -0.3 is 10.5 Å². The highest BCUT2D eigenvalue weighted by Crippen LogP contribution is 2.44. The van der Waals surface area contributed by atoms with Crippen LogP contribution in [-0.4, -0.2) is 79.3 Å². The molecule has 1 saturated heterocycles. The number of alkyl halides is 3. The van der Waals surface area contributed by atoms with Gasteiger partial charge in [0.05, 0.1) is 48.1 Å². The Bertz CT molecular complexity index is 1890. The van der Waals surface area contributed by atoms with Crippen molar-refractivity contribution >= 4 is 28.5 Å². The van der Waals surface area contributed by atoms with Crippen molar-refractivity contribution in [1.29, 1.82) is 0 Å². The van der Waals surface area contributed by atoms with E-state index in [0.717, 1.165) is 12.4 Å². The first kappa shape index (κ1) is 31.9. The zero-order chi connectivity index (χ0) is 33.9. The number of benzene rings is 1. The molecular formula is C33H34F4N8O3. The van der Waals surface area contributed by atoms with Gasteiger partial charge in [0.25, 0.3) is 17.7 Å². The summed E-state index contributed by atoms with van der Waals surface area (Å²) in [5.41, 5.74) is 8.46. The van der Waals surface area contributed by atoms with Crippen molar-refractivity contribution in [3.05, 3.63) is 59.7 Å². The minimum Gasteiger partial charge on any atom is -0.482 e. The van der Waals surface area contributed by atoms with Gasteiger partial charge >= 0.3 is 0 Å². The number of nitrogens with two attached hydrogens (primary N) is 1. The van der Waals surface area contributed by atoms with Gasteiger partial charge in [-0.2, -0.15) is 5.10 Å². The van der Waals surface area contributed by atoms with Gasteiger partial charge in [0, 0.05) is 42.9 Å². The molecule has 15 heteroatoms. The van der Waals surface area contributed by atoms with Crippen LogP contribution in [0.1, 0.15) is 61.0 Å². The Balaban J connectivity index is 1.28. The summed E-state index contributed by atoms with van der Waals surface area (Å²) in [5.74, 6) is -3.64. The summed E-state index contributed by atoms with van der Waals surface area (Å²) >= 11 is 0. The number of nitrogens with zero attached hydrogens (tertiary/aromatic N) is 7. The normalized spacial score (nSPS) is 21.3. The fraction of sp³-hybridized carbons (Fsp3) is 0.455. The van der Waals surface area contributed by atoms with Gasteiger partial charge in [-0.3, -0.25) is 19.4 Å². The molecule has 4 aromatic rings. The summed E-state index contributed by atoms with van der Waals surface area (Å²) in [6.45, 7) is 4.13. The molecule has 11 nitrogen and oxygen atoms in total. The van der Waals surface area contributed by atoms with Crippen LogP contribution in [0.15, 0.2) is 36.8 Å². The monoisotopic (exact) mass is 666 g/mol. The zero-order valence-corrected chi connectivity index (χ0v) is 26.4. The number of pyridine rings is 1. The topological polar surface area (TPSA) is 132 Å². The van der Waals surface area contributed by atoms with Crippen LogP contribution in [0.4, 0.5) is 23.2 Å². The molecule has 3 aromatic heterocycles. The molecule has 2 fully saturated rings. The second-order valence-electron chi connectivity index (χ2n) is 13.2. The molecule has 5 heterocycles. The van der Waals surface area contributed by atoms with Crippen molar-refractivity contribution in [2.75, 3.05) is 24.6 Å². The smallest absolute Gasteiger partial charge is 0.265 e. The van der Waals surface area contributed by atoms with Crippen LogP contribution >= 0.6 is 0 Å². The maximum absolute atomic E-state index is 15.8. The minimum atomic E-state index is -2.69. The fourth-order valence-corrected chi connectivity index (χ4v) is 6.95. The molecule has 2 N–H and O–H groups in total. The Hall–Kier alpha value is -4.66. The third-order valence-electron chi connectivity index (χ3n) is 9.27. The number of carbonyl (C=O) groups is 2. The van der Waals surface area contributed by atoms with Crippen LogP contribution in [0.3, 0.4) is 0 Å². The van der Waals surface area contributed by atoms with Gasteiger partial charge in [-0.05, 0) is 36.5 Å². The van der Waals surface area contributed by atoms with Crippen molar-refractivity contribution in [3.8, 4) is 16.9 Å². The van der Waals surface area contributed by atoms with Crippen LogP contribution in [-0.2, 0) is 17.8 Å². The highest BCUT2D eigenvalue weighted by atomic mass is 19.3. The molecule has 7 rings (SSSR count). The van der Waals surface area contributed by atoms with E-state index >= 15 is 4.39 Å². The van der Waals surface area contributed by atoms with E-state index in [1.54, 1.807) is 27.8 Å². The Morgan fingerprint density at radius 1 is 1.17 bits per heavy atom.